The standard InChI is InChI=1S/C32H34N6O5S/c1-32(2,3)20-15-26(30(42-5)27(16-20)37-44(6,40)41)36-31(39)35-24-11-12-29(23-10-8-7-9-22(23)24)43-21-13-14-34-25(17-21)28-18-33-19-38(28)4/h7-19,37H,1-6H3,(H2,35,36,39). The molecule has 0 spiro atoms. The first kappa shape index (κ1) is 30.4. The Morgan fingerprint density at radius 1 is 0.932 bits per heavy atom. The number of fused-ring (bicyclic) bond motifs is 1. The Labute approximate surface area is 256 Å². The number of hydrogen-bond donors (Lipinski definition) is 3. The van der Waals surface area contributed by atoms with Gasteiger partial charge in [-0.05, 0) is 41.3 Å². The molecule has 0 unspecified atom stereocenters. The van der Waals surface area contributed by atoms with Crippen molar-refractivity contribution in [2.45, 2.75) is 26.2 Å². The average molecular weight is 615 g/mol. The number of sulfonamides is 1. The van der Waals surface area contributed by atoms with Crippen LogP contribution in [0.3, 0.4) is 0 Å². The van der Waals surface area contributed by atoms with Crippen LogP contribution in [0.5, 0.6) is 17.2 Å². The minimum atomic E-state index is -3.61. The summed E-state index contributed by atoms with van der Waals surface area (Å²) in [5.74, 6) is 1.39. The first-order valence-corrected chi connectivity index (χ1v) is 15.6. The molecule has 3 N–H and O–H groups in total. The van der Waals surface area contributed by atoms with Crippen LogP contribution in [0, 0.1) is 0 Å². The normalized spacial score (nSPS) is 11.7. The SMILES string of the molecule is COc1c(NC(=O)Nc2ccc(Oc3ccnc(-c4cncn4C)c3)c3ccccc23)cc(C(C)(C)C)cc1NS(C)(=O)=O. The summed E-state index contributed by atoms with van der Waals surface area (Å²) >= 11 is 0. The first-order valence-electron chi connectivity index (χ1n) is 13.7. The Kier molecular flexibility index (Phi) is 8.20. The van der Waals surface area contributed by atoms with Crippen molar-refractivity contribution >= 4 is 43.9 Å². The zero-order valence-electron chi connectivity index (χ0n) is 25.3. The number of nitrogens with zero attached hydrogens (tertiary/aromatic N) is 3. The van der Waals surface area contributed by atoms with Gasteiger partial charge in [-0.2, -0.15) is 0 Å². The van der Waals surface area contributed by atoms with Gasteiger partial charge >= 0.3 is 6.03 Å². The van der Waals surface area contributed by atoms with Gasteiger partial charge in [0.1, 0.15) is 11.5 Å². The monoisotopic (exact) mass is 614 g/mol. The second kappa shape index (κ2) is 11.9. The van der Waals surface area contributed by atoms with Gasteiger partial charge in [-0.3, -0.25) is 9.71 Å². The van der Waals surface area contributed by atoms with E-state index in [4.69, 9.17) is 9.47 Å². The van der Waals surface area contributed by atoms with Crippen molar-refractivity contribution in [3.8, 4) is 28.6 Å². The van der Waals surface area contributed by atoms with Gasteiger partial charge in [0.2, 0.25) is 10.0 Å². The van der Waals surface area contributed by atoms with Crippen molar-refractivity contribution in [2.24, 2.45) is 7.05 Å². The number of amides is 2. The molecule has 2 amide bonds. The van der Waals surface area contributed by atoms with Gasteiger partial charge in [0.25, 0.3) is 0 Å². The number of rotatable bonds is 8. The number of ether oxygens (including phenoxy) is 2. The van der Waals surface area contributed by atoms with Gasteiger partial charge in [-0.1, -0.05) is 45.0 Å². The number of nitrogens with one attached hydrogen (secondary N) is 3. The fraction of sp³-hybridized carbons (Fsp3) is 0.219. The number of aromatic nitrogens is 3. The molecule has 0 saturated heterocycles. The maximum atomic E-state index is 13.3. The fourth-order valence-electron chi connectivity index (χ4n) is 4.74. The largest absolute Gasteiger partial charge is 0.492 e. The molecule has 5 rings (SSSR count). The molecule has 2 heterocycles. The number of urea groups is 1. The zero-order chi connectivity index (χ0) is 31.6. The summed E-state index contributed by atoms with van der Waals surface area (Å²) in [6, 6.07) is 17.7. The van der Waals surface area contributed by atoms with Crippen LogP contribution in [-0.4, -0.2) is 42.3 Å². The lowest BCUT2D eigenvalue weighted by Crippen LogP contribution is -2.22. The molecule has 0 aliphatic heterocycles. The molecule has 0 fully saturated rings. The van der Waals surface area contributed by atoms with E-state index in [1.807, 2.05) is 62.7 Å². The first-order chi connectivity index (χ1) is 20.8. The Balaban J connectivity index is 1.43. The van der Waals surface area contributed by atoms with Crippen molar-refractivity contribution in [1.82, 2.24) is 14.5 Å². The van der Waals surface area contributed by atoms with Gasteiger partial charge in [-0.25, -0.2) is 18.2 Å². The number of carbonyl (C=O) groups excluding carboxylic acids is 1. The van der Waals surface area contributed by atoms with Gasteiger partial charge in [-0.15, -0.1) is 0 Å². The van der Waals surface area contributed by atoms with Gasteiger partial charge in [0.05, 0.1) is 54.3 Å². The highest BCUT2D eigenvalue weighted by Crippen LogP contribution is 2.40. The van der Waals surface area contributed by atoms with Crippen molar-refractivity contribution in [1.29, 1.82) is 0 Å². The van der Waals surface area contributed by atoms with E-state index in [9.17, 15) is 13.2 Å². The van der Waals surface area contributed by atoms with E-state index in [0.29, 0.717) is 22.9 Å². The van der Waals surface area contributed by atoms with Crippen LogP contribution in [0.1, 0.15) is 26.3 Å². The summed E-state index contributed by atoms with van der Waals surface area (Å²) < 4.78 is 40.3. The molecular formula is C32H34N6O5S. The molecule has 0 saturated carbocycles. The second-order valence-electron chi connectivity index (χ2n) is 11.3. The Morgan fingerprint density at radius 2 is 1.64 bits per heavy atom. The molecule has 11 nitrogen and oxygen atoms in total. The lowest BCUT2D eigenvalue weighted by atomic mass is 9.86. The average Bonchev–Trinajstić information content (AvgIpc) is 3.39. The Morgan fingerprint density at radius 3 is 2.30 bits per heavy atom. The highest BCUT2D eigenvalue weighted by Gasteiger charge is 2.22. The van der Waals surface area contributed by atoms with E-state index in [-0.39, 0.29) is 16.9 Å². The smallest absolute Gasteiger partial charge is 0.323 e. The maximum Gasteiger partial charge on any atom is 0.323 e. The van der Waals surface area contributed by atoms with Crippen molar-refractivity contribution in [2.75, 3.05) is 28.7 Å². The molecule has 5 aromatic rings. The molecule has 0 aliphatic rings. The molecule has 2 aromatic heterocycles. The number of carbonyl (C=O) groups is 1. The predicted octanol–water partition coefficient (Wildman–Crippen LogP) is 6.75. The van der Waals surface area contributed by atoms with E-state index < -0.39 is 16.1 Å². The van der Waals surface area contributed by atoms with E-state index in [0.717, 1.165) is 34.0 Å². The molecular weight excluding hydrogens is 580 g/mol. The highest BCUT2D eigenvalue weighted by molar-refractivity contribution is 7.92. The minimum Gasteiger partial charge on any atom is -0.492 e. The number of methoxy groups -OCH3 is 1. The molecule has 0 bridgehead atoms. The number of anilines is 3. The molecule has 12 heteroatoms. The van der Waals surface area contributed by atoms with Crippen LogP contribution in [-0.2, 0) is 22.5 Å². The van der Waals surface area contributed by atoms with Crippen molar-refractivity contribution in [3.63, 3.8) is 0 Å². The third-order valence-corrected chi connectivity index (χ3v) is 7.46. The number of imidazole rings is 1. The maximum absolute atomic E-state index is 13.3. The summed E-state index contributed by atoms with van der Waals surface area (Å²) in [4.78, 5) is 21.9. The molecule has 0 aliphatic carbocycles. The quantitative estimate of drug-likeness (QED) is 0.176. The fourth-order valence-corrected chi connectivity index (χ4v) is 5.29. The summed E-state index contributed by atoms with van der Waals surface area (Å²) in [5, 5.41) is 7.30. The summed E-state index contributed by atoms with van der Waals surface area (Å²) in [6.45, 7) is 5.97. The van der Waals surface area contributed by atoms with Crippen LogP contribution in [0.2, 0.25) is 0 Å². The number of benzene rings is 3. The van der Waals surface area contributed by atoms with Crippen LogP contribution in [0.15, 0.2) is 79.4 Å². The zero-order valence-corrected chi connectivity index (χ0v) is 26.1. The topological polar surface area (TPSA) is 136 Å². The summed E-state index contributed by atoms with van der Waals surface area (Å²) in [6.07, 6.45) is 6.19. The van der Waals surface area contributed by atoms with Gasteiger partial charge in [0.15, 0.2) is 5.75 Å². The number of pyridine rings is 1. The lowest BCUT2D eigenvalue weighted by molar-refractivity contribution is 0.262. The number of aryl methyl sites for hydroxylation is 1. The van der Waals surface area contributed by atoms with E-state index in [2.05, 4.69) is 25.3 Å². The van der Waals surface area contributed by atoms with Crippen LogP contribution < -0.4 is 24.8 Å². The van der Waals surface area contributed by atoms with Gasteiger partial charge in [0, 0.05) is 30.1 Å². The van der Waals surface area contributed by atoms with Crippen molar-refractivity contribution in [3.05, 3.63) is 84.9 Å². The van der Waals surface area contributed by atoms with Gasteiger partial charge < -0.3 is 24.7 Å². The molecule has 3 aromatic carbocycles. The third kappa shape index (κ3) is 6.76. The highest BCUT2D eigenvalue weighted by atomic mass is 32.2. The predicted molar refractivity (Wildman–Crippen MR) is 173 cm³/mol. The Hall–Kier alpha value is -5.10. The minimum absolute atomic E-state index is 0.190. The Bertz CT molecular complexity index is 1960. The number of hydrogen-bond acceptors (Lipinski definition) is 7. The molecule has 0 atom stereocenters. The van der Waals surface area contributed by atoms with Crippen LogP contribution in [0.25, 0.3) is 22.2 Å². The van der Waals surface area contributed by atoms with Crippen molar-refractivity contribution < 1.29 is 22.7 Å². The van der Waals surface area contributed by atoms with E-state index in [1.54, 1.807) is 49.1 Å². The molecule has 44 heavy (non-hydrogen) atoms. The van der Waals surface area contributed by atoms with Crippen LogP contribution in [0.4, 0.5) is 21.9 Å². The van der Waals surface area contributed by atoms with E-state index >= 15 is 0 Å². The molecule has 0 radical (unpaired) electrons. The lowest BCUT2D eigenvalue weighted by Gasteiger charge is -2.24. The second-order valence-corrected chi connectivity index (χ2v) is 13.1. The summed E-state index contributed by atoms with van der Waals surface area (Å²) in [5.41, 5.74) is 3.14. The summed E-state index contributed by atoms with van der Waals surface area (Å²) in [7, 11) is -0.298. The third-order valence-electron chi connectivity index (χ3n) is 6.87. The van der Waals surface area contributed by atoms with E-state index in [1.165, 1.54) is 7.11 Å². The molecule has 228 valence electrons. The van der Waals surface area contributed by atoms with Crippen LogP contribution >= 0.6 is 0 Å².